The molecule has 0 saturated heterocycles. The Morgan fingerprint density at radius 3 is 2.85 bits per heavy atom. The van der Waals surface area contributed by atoms with Gasteiger partial charge in [-0.15, -0.1) is 0 Å². The third kappa shape index (κ3) is 3.63. The third-order valence-corrected chi connectivity index (χ3v) is 2.91. The maximum atomic E-state index is 11.7. The van der Waals surface area contributed by atoms with E-state index in [1.807, 2.05) is 6.07 Å². The van der Waals surface area contributed by atoms with Crippen LogP contribution < -0.4 is 5.43 Å². The molecule has 102 valence electrons. The second-order valence-electron chi connectivity index (χ2n) is 3.64. The molecule has 1 heterocycles. The van der Waals surface area contributed by atoms with Crippen LogP contribution in [-0.2, 0) is 0 Å². The predicted molar refractivity (Wildman–Crippen MR) is 79.6 cm³/mol. The molecule has 0 radical (unpaired) electrons. The zero-order chi connectivity index (χ0) is 14.5. The maximum Gasteiger partial charge on any atom is 0.433 e. The highest BCUT2D eigenvalue weighted by atomic mass is 127. The average Bonchev–Trinajstić information content (AvgIpc) is 2.87. The molecular weight excluding hydrogens is 377 g/mol. The molecule has 1 N–H and O–H groups in total. The standard InChI is InChI=1S/C12H8IN3O4/c13-9-3-1-2-8(6-9)12(17)15-14-7-10-4-5-11(20-10)16(18)19/h1-7H,(H,15,17)/b14-7+. The van der Waals surface area contributed by atoms with Crippen molar-refractivity contribution in [3.63, 3.8) is 0 Å². The minimum Gasteiger partial charge on any atom is -0.400 e. The zero-order valence-electron chi connectivity index (χ0n) is 9.95. The number of hydrogen-bond donors (Lipinski definition) is 1. The van der Waals surface area contributed by atoms with E-state index in [1.165, 1.54) is 18.3 Å². The van der Waals surface area contributed by atoms with Gasteiger partial charge in [0.1, 0.15) is 4.92 Å². The normalized spacial score (nSPS) is 10.7. The van der Waals surface area contributed by atoms with Crippen molar-refractivity contribution < 1.29 is 14.1 Å². The van der Waals surface area contributed by atoms with Gasteiger partial charge < -0.3 is 4.42 Å². The van der Waals surface area contributed by atoms with Crippen molar-refractivity contribution in [3.8, 4) is 0 Å². The van der Waals surface area contributed by atoms with Gasteiger partial charge in [-0.1, -0.05) is 6.07 Å². The summed E-state index contributed by atoms with van der Waals surface area (Å²) in [6, 6.07) is 9.59. The van der Waals surface area contributed by atoms with E-state index in [1.54, 1.807) is 18.2 Å². The van der Waals surface area contributed by atoms with Crippen LogP contribution in [0.3, 0.4) is 0 Å². The molecule has 2 aromatic rings. The second-order valence-corrected chi connectivity index (χ2v) is 4.89. The van der Waals surface area contributed by atoms with E-state index in [-0.39, 0.29) is 17.6 Å². The van der Waals surface area contributed by atoms with Gasteiger partial charge in [0, 0.05) is 9.13 Å². The Hall–Kier alpha value is -2.23. The van der Waals surface area contributed by atoms with Gasteiger partial charge in [0.15, 0.2) is 5.76 Å². The fourth-order valence-electron chi connectivity index (χ4n) is 1.36. The molecule has 0 aliphatic heterocycles. The van der Waals surface area contributed by atoms with Crippen LogP contribution in [0.1, 0.15) is 16.1 Å². The van der Waals surface area contributed by atoms with Crippen molar-refractivity contribution in [2.24, 2.45) is 5.10 Å². The third-order valence-electron chi connectivity index (χ3n) is 2.24. The lowest BCUT2D eigenvalue weighted by Gasteiger charge is -1.99. The molecule has 0 spiro atoms. The second kappa shape index (κ2) is 6.28. The van der Waals surface area contributed by atoms with Gasteiger partial charge in [-0.3, -0.25) is 14.9 Å². The van der Waals surface area contributed by atoms with Crippen molar-refractivity contribution in [2.75, 3.05) is 0 Å². The minimum absolute atomic E-state index is 0.180. The smallest absolute Gasteiger partial charge is 0.400 e. The number of carbonyl (C=O) groups is 1. The molecule has 0 aliphatic rings. The fraction of sp³-hybridized carbons (Fsp3) is 0. The fourth-order valence-corrected chi connectivity index (χ4v) is 1.90. The van der Waals surface area contributed by atoms with Crippen LogP contribution in [0.15, 0.2) is 45.9 Å². The highest BCUT2D eigenvalue weighted by molar-refractivity contribution is 14.1. The monoisotopic (exact) mass is 385 g/mol. The Labute approximate surface area is 127 Å². The first-order valence-corrected chi connectivity index (χ1v) is 6.47. The van der Waals surface area contributed by atoms with Gasteiger partial charge >= 0.3 is 5.88 Å². The van der Waals surface area contributed by atoms with E-state index >= 15 is 0 Å². The summed E-state index contributed by atoms with van der Waals surface area (Å²) < 4.78 is 5.78. The zero-order valence-corrected chi connectivity index (χ0v) is 12.1. The molecule has 0 aliphatic carbocycles. The van der Waals surface area contributed by atoms with Crippen LogP contribution in [-0.4, -0.2) is 17.0 Å². The summed E-state index contributed by atoms with van der Waals surface area (Å²) in [4.78, 5) is 21.5. The van der Waals surface area contributed by atoms with E-state index in [0.29, 0.717) is 5.56 Å². The van der Waals surface area contributed by atoms with E-state index in [2.05, 4.69) is 33.1 Å². The molecular formula is C12H8IN3O4. The number of hydrazone groups is 1. The van der Waals surface area contributed by atoms with Crippen LogP contribution in [0.4, 0.5) is 5.88 Å². The van der Waals surface area contributed by atoms with Gasteiger partial charge in [0.2, 0.25) is 0 Å². The van der Waals surface area contributed by atoms with Crippen LogP contribution in [0.2, 0.25) is 0 Å². The number of amides is 1. The van der Waals surface area contributed by atoms with Crippen LogP contribution in [0.5, 0.6) is 0 Å². The number of nitrogens with zero attached hydrogens (tertiary/aromatic N) is 2. The van der Waals surface area contributed by atoms with E-state index in [4.69, 9.17) is 4.42 Å². The molecule has 0 unspecified atom stereocenters. The Kier molecular flexibility index (Phi) is 4.45. The number of rotatable bonds is 4. The van der Waals surface area contributed by atoms with Gasteiger partial charge in [-0.25, -0.2) is 5.43 Å². The lowest BCUT2D eigenvalue weighted by Crippen LogP contribution is -2.17. The summed E-state index contributed by atoms with van der Waals surface area (Å²) in [7, 11) is 0. The number of nitro groups is 1. The molecule has 0 bridgehead atoms. The van der Waals surface area contributed by atoms with Crippen molar-refractivity contribution in [3.05, 3.63) is 61.4 Å². The Morgan fingerprint density at radius 2 is 2.20 bits per heavy atom. The number of hydrogen-bond acceptors (Lipinski definition) is 5. The predicted octanol–water partition coefficient (Wildman–Crippen LogP) is 2.56. The summed E-state index contributed by atoms with van der Waals surface area (Å²) in [6.45, 7) is 0. The van der Waals surface area contributed by atoms with Crippen molar-refractivity contribution in [1.29, 1.82) is 0 Å². The Morgan fingerprint density at radius 1 is 1.40 bits per heavy atom. The molecule has 1 aromatic carbocycles. The summed E-state index contributed by atoms with van der Waals surface area (Å²) in [5, 5.41) is 14.1. The van der Waals surface area contributed by atoms with Gasteiger partial charge in [0.05, 0.1) is 12.3 Å². The first kappa shape index (κ1) is 14.2. The molecule has 0 fully saturated rings. The summed E-state index contributed by atoms with van der Waals surface area (Å²) >= 11 is 2.10. The van der Waals surface area contributed by atoms with Crippen molar-refractivity contribution in [2.45, 2.75) is 0 Å². The first-order chi connectivity index (χ1) is 9.56. The minimum atomic E-state index is -0.651. The van der Waals surface area contributed by atoms with E-state index < -0.39 is 4.92 Å². The average molecular weight is 385 g/mol. The lowest BCUT2D eigenvalue weighted by molar-refractivity contribution is -0.402. The topological polar surface area (TPSA) is 97.7 Å². The molecule has 1 amide bonds. The van der Waals surface area contributed by atoms with Crippen molar-refractivity contribution >= 4 is 40.6 Å². The molecule has 20 heavy (non-hydrogen) atoms. The molecule has 8 heteroatoms. The van der Waals surface area contributed by atoms with Crippen LogP contribution in [0, 0.1) is 13.7 Å². The number of furan rings is 1. The van der Waals surface area contributed by atoms with Gasteiger partial charge in [-0.05, 0) is 46.9 Å². The quantitative estimate of drug-likeness (QED) is 0.379. The number of benzene rings is 1. The molecule has 0 saturated carbocycles. The highest BCUT2D eigenvalue weighted by Gasteiger charge is 2.10. The Bertz CT molecular complexity index is 681. The molecule has 2 rings (SSSR count). The van der Waals surface area contributed by atoms with E-state index in [0.717, 1.165) is 3.57 Å². The summed E-state index contributed by atoms with van der Waals surface area (Å²) in [6.07, 6.45) is 1.19. The highest BCUT2D eigenvalue weighted by Crippen LogP contribution is 2.13. The van der Waals surface area contributed by atoms with Crippen molar-refractivity contribution in [1.82, 2.24) is 5.43 Å². The van der Waals surface area contributed by atoms with Gasteiger partial charge in [-0.2, -0.15) is 5.10 Å². The van der Waals surface area contributed by atoms with Crippen LogP contribution >= 0.6 is 22.6 Å². The Balaban J connectivity index is 1.99. The van der Waals surface area contributed by atoms with Crippen LogP contribution in [0.25, 0.3) is 0 Å². The number of carbonyl (C=O) groups excluding carboxylic acids is 1. The lowest BCUT2D eigenvalue weighted by atomic mass is 10.2. The SMILES string of the molecule is O=C(N/N=C/c1ccc([N+](=O)[O-])o1)c1cccc(I)c1. The molecule has 7 nitrogen and oxygen atoms in total. The summed E-state index contributed by atoms with van der Waals surface area (Å²) in [5.41, 5.74) is 2.78. The number of halogens is 1. The molecule has 0 atom stereocenters. The summed E-state index contributed by atoms with van der Waals surface area (Å²) in [5.74, 6) is -0.573. The first-order valence-electron chi connectivity index (χ1n) is 5.39. The molecule has 1 aromatic heterocycles. The number of nitrogens with one attached hydrogen (secondary N) is 1. The van der Waals surface area contributed by atoms with Gasteiger partial charge in [0.25, 0.3) is 5.91 Å². The largest absolute Gasteiger partial charge is 0.433 e. The van der Waals surface area contributed by atoms with E-state index in [9.17, 15) is 14.9 Å². The maximum absolute atomic E-state index is 11.7.